The van der Waals surface area contributed by atoms with E-state index in [4.69, 9.17) is 5.84 Å². The van der Waals surface area contributed by atoms with Gasteiger partial charge in [0.1, 0.15) is 0 Å². The van der Waals surface area contributed by atoms with Crippen LogP contribution in [0.4, 0.5) is 0 Å². The molecule has 0 spiro atoms. The van der Waals surface area contributed by atoms with Gasteiger partial charge in [0.15, 0.2) is 0 Å². The van der Waals surface area contributed by atoms with E-state index >= 15 is 0 Å². The minimum Gasteiger partial charge on any atom is -0.412 e. The van der Waals surface area contributed by atoms with Gasteiger partial charge in [0.05, 0.1) is 0 Å². The number of hydrogen-bond donors (Lipinski definition) is 1. The minimum absolute atomic E-state index is 0. The molecule has 4 nitrogen and oxygen atoms in total. The van der Waals surface area contributed by atoms with Gasteiger partial charge >= 0.3 is 0 Å². The summed E-state index contributed by atoms with van der Waals surface area (Å²) in [5.74, 6) is 5.47. The van der Waals surface area contributed by atoms with Crippen molar-refractivity contribution in [3.8, 4) is 0 Å². The zero-order valence-electron chi connectivity index (χ0n) is 5.88. The number of hydrazine groups is 1. The van der Waals surface area contributed by atoms with Gasteiger partial charge in [-0.15, -0.1) is 0 Å². The summed E-state index contributed by atoms with van der Waals surface area (Å²) in [5.41, 5.74) is 0. The fourth-order valence-electron chi connectivity index (χ4n) is 0.918. The van der Waals surface area contributed by atoms with Gasteiger partial charge in [-0.25, -0.2) is 5.01 Å². The Hall–Kier alpha value is 0.528. The molecule has 0 unspecified atom stereocenters. The molecule has 0 aromatic carbocycles. The normalized spacial score (nSPS) is 17.7. The monoisotopic (exact) mass is 331 g/mol. The molecule has 1 saturated heterocycles. The molecular formula is C5H16N2O2Pt. The molecule has 1 rings (SSSR count). The van der Waals surface area contributed by atoms with Crippen molar-refractivity contribution in [2.45, 2.75) is 19.3 Å². The third kappa shape index (κ3) is 6.65. The summed E-state index contributed by atoms with van der Waals surface area (Å²) in [6.45, 7) is 2.19. The molecule has 1 heterocycles. The van der Waals surface area contributed by atoms with Crippen LogP contribution in [-0.2, 0) is 21.1 Å². The van der Waals surface area contributed by atoms with E-state index in [0.29, 0.717) is 0 Å². The van der Waals surface area contributed by atoms with Gasteiger partial charge in [-0.1, -0.05) is 6.42 Å². The van der Waals surface area contributed by atoms with Crippen LogP contribution in [0, 0.1) is 0 Å². The van der Waals surface area contributed by atoms with Crippen LogP contribution in [0.15, 0.2) is 0 Å². The Balaban J connectivity index is -0.000000163. The summed E-state index contributed by atoms with van der Waals surface area (Å²) in [6, 6.07) is 0. The fraction of sp³-hybridized carbons (Fsp3) is 1.00. The average molecular weight is 331 g/mol. The minimum atomic E-state index is 0. The second kappa shape index (κ2) is 9.53. The van der Waals surface area contributed by atoms with Crippen LogP contribution in [0.2, 0.25) is 0 Å². The molecule has 0 amide bonds. The molecule has 1 aliphatic rings. The molecule has 0 aromatic heterocycles. The summed E-state index contributed by atoms with van der Waals surface area (Å²) in [5, 5.41) is 1.89. The van der Waals surface area contributed by atoms with Crippen molar-refractivity contribution in [3.05, 3.63) is 0 Å². The first-order chi connectivity index (χ1) is 3.39. The number of piperidine rings is 1. The molecule has 1 fully saturated rings. The van der Waals surface area contributed by atoms with Gasteiger partial charge in [0, 0.05) is 34.2 Å². The first kappa shape index (κ1) is 16.9. The second-order valence-corrected chi connectivity index (χ2v) is 2.10. The van der Waals surface area contributed by atoms with Crippen molar-refractivity contribution < 1.29 is 32.0 Å². The summed E-state index contributed by atoms with van der Waals surface area (Å²) in [4.78, 5) is 0. The quantitative estimate of drug-likeness (QED) is 0.559. The van der Waals surface area contributed by atoms with Crippen LogP contribution in [0.3, 0.4) is 0 Å². The van der Waals surface area contributed by atoms with Crippen molar-refractivity contribution in [2.75, 3.05) is 13.1 Å². The molecular weight excluding hydrogens is 315 g/mol. The molecule has 1 aliphatic heterocycles. The third-order valence-corrected chi connectivity index (χ3v) is 1.39. The molecule has 6 N–H and O–H groups in total. The predicted octanol–water partition coefficient (Wildman–Crippen LogP) is -1.31. The van der Waals surface area contributed by atoms with Crippen LogP contribution in [0.5, 0.6) is 0 Å². The van der Waals surface area contributed by atoms with Gasteiger partial charge in [0.25, 0.3) is 0 Å². The molecule has 10 heavy (non-hydrogen) atoms. The standard InChI is InChI=1S/C5H12N2.2H2O.Pt/c6-7-4-2-1-3-5-7;;;/h1-6H2;2*1H2;. The first-order valence-corrected chi connectivity index (χ1v) is 2.89. The van der Waals surface area contributed by atoms with E-state index < -0.39 is 0 Å². The summed E-state index contributed by atoms with van der Waals surface area (Å²) in [7, 11) is 0. The number of rotatable bonds is 0. The number of hydrogen-bond acceptors (Lipinski definition) is 2. The molecule has 0 bridgehead atoms. The molecule has 0 aliphatic carbocycles. The average Bonchev–Trinajstić information content (AvgIpc) is 1.69. The SMILES string of the molecule is NN1CCCCC1.O.O.[Pt]. The van der Waals surface area contributed by atoms with Gasteiger partial charge < -0.3 is 11.0 Å². The number of nitrogens with two attached hydrogens (primary N) is 1. The zero-order chi connectivity index (χ0) is 5.11. The summed E-state index contributed by atoms with van der Waals surface area (Å²) in [6.07, 6.45) is 3.95. The van der Waals surface area contributed by atoms with Crippen LogP contribution in [0.1, 0.15) is 19.3 Å². The zero-order valence-corrected chi connectivity index (χ0v) is 8.15. The predicted molar refractivity (Wildman–Crippen MR) is 36.8 cm³/mol. The van der Waals surface area contributed by atoms with E-state index in [9.17, 15) is 0 Å². The van der Waals surface area contributed by atoms with Gasteiger partial charge in [-0.05, 0) is 12.8 Å². The molecule has 0 saturated carbocycles. The van der Waals surface area contributed by atoms with Crippen molar-refractivity contribution in [1.82, 2.24) is 5.01 Å². The third-order valence-electron chi connectivity index (χ3n) is 1.39. The Bertz CT molecular complexity index is 59.6. The fourth-order valence-corrected chi connectivity index (χ4v) is 0.918. The molecule has 5 heteroatoms. The van der Waals surface area contributed by atoms with E-state index in [1.807, 2.05) is 5.01 Å². The maximum absolute atomic E-state index is 5.47. The second-order valence-electron chi connectivity index (χ2n) is 2.10. The Kier molecular flexibility index (Phi) is 16.1. The molecule has 0 aromatic rings. The van der Waals surface area contributed by atoms with Crippen LogP contribution < -0.4 is 5.84 Å². The van der Waals surface area contributed by atoms with E-state index in [1.54, 1.807) is 0 Å². The molecule has 0 atom stereocenters. The smallest absolute Gasteiger partial charge is 0.0128 e. The first-order valence-electron chi connectivity index (χ1n) is 2.89. The Morgan fingerprint density at radius 1 is 0.900 bits per heavy atom. The summed E-state index contributed by atoms with van der Waals surface area (Å²) >= 11 is 0. The van der Waals surface area contributed by atoms with Crippen LogP contribution in [-0.4, -0.2) is 29.1 Å². The van der Waals surface area contributed by atoms with Crippen molar-refractivity contribution in [1.29, 1.82) is 0 Å². The largest absolute Gasteiger partial charge is 0.412 e. The van der Waals surface area contributed by atoms with Crippen molar-refractivity contribution in [2.24, 2.45) is 5.84 Å². The Morgan fingerprint density at radius 2 is 1.30 bits per heavy atom. The maximum Gasteiger partial charge on any atom is 0.0128 e. The Labute approximate surface area is 75.6 Å². The van der Waals surface area contributed by atoms with Gasteiger partial charge in [-0.2, -0.15) is 0 Å². The van der Waals surface area contributed by atoms with Crippen molar-refractivity contribution >= 4 is 0 Å². The van der Waals surface area contributed by atoms with Gasteiger partial charge in [-0.3, -0.25) is 5.84 Å². The van der Waals surface area contributed by atoms with Crippen LogP contribution in [0.25, 0.3) is 0 Å². The Morgan fingerprint density at radius 3 is 1.50 bits per heavy atom. The molecule has 68 valence electrons. The number of nitrogens with zero attached hydrogens (tertiary/aromatic N) is 1. The van der Waals surface area contributed by atoms with Crippen LogP contribution >= 0.6 is 0 Å². The summed E-state index contributed by atoms with van der Waals surface area (Å²) < 4.78 is 0. The topological polar surface area (TPSA) is 92.3 Å². The van der Waals surface area contributed by atoms with Crippen molar-refractivity contribution in [3.63, 3.8) is 0 Å². The van der Waals surface area contributed by atoms with E-state index in [-0.39, 0.29) is 32.0 Å². The molecule has 0 radical (unpaired) electrons. The maximum atomic E-state index is 5.47. The van der Waals surface area contributed by atoms with E-state index in [0.717, 1.165) is 13.1 Å². The van der Waals surface area contributed by atoms with Gasteiger partial charge in [0.2, 0.25) is 0 Å². The van der Waals surface area contributed by atoms with E-state index in [2.05, 4.69) is 0 Å². The van der Waals surface area contributed by atoms with E-state index in [1.165, 1.54) is 19.3 Å².